The molecule has 0 fully saturated rings. The molecular weight excluding hydrogens is 254 g/mol. The molecule has 0 bridgehead atoms. The predicted molar refractivity (Wildman–Crippen MR) is 80.9 cm³/mol. The van der Waals surface area contributed by atoms with Gasteiger partial charge >= 0.3 is 6.09 Å². The van der Waals surface area contributed by atoms with Crippen LogP contribution in [0.1, 0.15) is 26.3 Å². The van der Waals surface area contributed by atoms with Crippen LogP contribution in [0.2, 0.25) is 0 Å². The molecule has 0 aliphatic carbocycles. The minimum Gasteiger partial charge on any atom is -0.497 e. The third kappa shape index (κ3) is 5.78. The second-order valence-electron chi connectivity index (χ2n) is 5.54. The molecule has 1 aromatic carbocycles. The fourth-order valence-electron chi connectivity index (χ4n) is 1.48. The van der Waals surface area contributed by atoms with Gasteiger partial charge in [-0.05, 0) is 38.5 Å². The van der Waals surface area contributed by atoms with Gasteiger partial charge in [-0.25, -0.2) is 4.79 Å². The Morgan fingerprint density at radius 2 is 1.85 bits per heavy atom. The first-order valence-electron chi connectivity index (χ1n) is 6.56. The number of benzene rings is 1. The van der Waals surface area contributed by atoms with Crippen LogP contribution in [-0.4, -0.2) is 37.3 Å². The van der Waals surface area contributed by atoms with E-state index in [1.165, 1.54) is 4.90 Å². The predicted octanol–water partition coefficient (Wildman–Crippen LogP) is 3.58. The fourth-order valence-corrected chi connectivity index (χ4v) is 1.48. The van der Waals surface area contributed by atoms with E-state index in [1.54, 1.807) is 14.2 Å². The molecule has 0 radical (unpaired) electrons. The molecule has 0 unspecified atom stereocenters. The number of carbonyl (C=O) groups excluding carboxylic acids is 1. The van der Waals surface area contributed by atoms with Crippen LogP contribution in [0.4, 0.5) is 4.79 Å². The van der Waals surface area contributed by atoms with Crippen molar-refractivity contribution in [2.24, 2.45) is 0 Å². The molecule has 0 aromatic heterocycles. The Morgan fingerprint density at radius 1 is 1.25 bits per heavy atom. The van der Waals surface area contributed by atoms with Crippen molar-refractivity contribution in [2.45, 2.75) is 26.4 Å². The number of nitrogens with zero attached hydrogens (tertiary/aromatic N) is 1. The van der Waals surface area contributed by atoms with Crippen molar-refractivity contribution in [1.29, 1.82) is 0 Å². The van der Waals surface area contributed by atoms with Crippen LogP contribution in [0.5, 0.6) is 5.75 Å². The lowest BCUT2D eigenvalue weighted by Gasteiger charge is -2.23. The van der Waals surface area contributed by atoms with E-state index in [0.29, 0.717) is 6.54 Å². The van der Waals surface area contributed by atoms with Gasteiger partial charge in [-0.1, -0.05) is 24.3 Å². The first kappa shape index (κ1) is 16.1. The van der Waals surface area contributed by atoms with Crippen LogP contribution in [0, 0.1) is 0 Å². The summed E-state index contributed by atoms with van der Waals surface area (Å²) in [6, 6.07) is 7.72. The number of likely N-dealkylation sites (N-methyl/N-ethyl adjacent to an activating group) is 1. The number of hydrogen-bond donors (Lipinski definition) is 0. The van der Waals surface area contributed by atoms with Crippen LogP contribution in [0.3, 0.4) is 0 Å². The lowest BCUT2D eigenvalue weighted by molar-refractivity contribution is 0.0318. The molecule has 0 spiro atoms. The number of rotatable bonds is 4. The first-order valence-corrected chi connectivity index (χ1v) is 6.56. The number of hydrogen-bond acceptors (Lipinski definition) is 3. The highest BCUT2D eigenvalue weighted by Gasteiger charge is 2.18. The maximum absolute atomic E-state index is 11.7. The number of amides is 1. The van der Waals surface area contributed by atoms with E-state index in [-0.39, 0.29) is 6.09 Å². The summed E-state index contributed by atoms with van der Waals surface area (Å²) >= 11 is 0. The normalized spacial score (nSPS) is 11.4. The van der Waals surface area contributed by atoms with Crippen LogP contribution in [0.25, 0.3) is 6.08 Å². The Balaban J connectivity index is 2.48. The van der Waals surface area contributed by atoms with Gasteiger partial charge in [0.15, 0.2) is 0 Å². The molecule has 0 aliphatic rings. The molecule has 0 saturated carbocycles. The Labute approximate surface area is 121 Å². The van der Waals surface area contributed by atoms with Gasteiger partial charge in [0.05, 0.1) is 7.11 Å². The van der Waals surface area contributed by atoms with Gasteiger partial charge in [0.1, 0.15) is 11.4 Å². The van der Waals surface area contributed by atoms with Crippen molar-refractivity contribution in [3.63, 3.8) is 0 Å². The highest BCUT2D eigenvalue weighted by atomic mass is 16.6. The molecule has 0 aliphatic heterocycles. The molecule has 4 heteroatoms. The number of methoxy groups -OCH3 is 1. The van der Waals surface area contributed by atoms with Crippen molar-refractivity contribution in [2.75, 3.05) is 20.7 Å². The van der Waals surface area contributed by atoms with E-state index in [4.69, 9.17) is 9.47 Å². The molecule has 0 heterocycles. The molecule has 110 valence electrons. The van der Waals surface area contributed by atoms with Gasteiger partial charge < -0.3 is 14.4 Å². The van der Waals surface area contributed by atoms with E-state index < -0.39 is 5.60 Å². The van der Waals surface area contributed by atoms with Gasteiger partial charge in [-0.3, -0.25) is 0 Å². The summed E-state index contributed by atoms with van der Waals surface area (Å²) in [5.41, 5.74) is 0.591. The molecule has 1 amide bonds. The molecule has 1 aromatic rings. The monoisotopic (exact) mass is 277 g/mol. The molecule has 0 atom stereocenters. The Hall–Kier alpha value is -1.97. The lowest BCUT2D eigenvalue weighted by Crippen LogP contribution is -2.34. The highest BCUT2D eigenvalue weighted by molar-refractivity contribution is 5.68. The highest BCUT2D eigenvalue weighted by Crippen LogP contribution is 2.12. The third-order valence-electron chi connectivity index (χ3n) is 2.51. The third-order valence-corrected chi connectivity index (χ3v) is 2.51. The SMILES string of the molecule is COc1ccc(/C=C/CN(C)C(=O)OC(C)(C)C)cc1. The quantitative estimate of drug-likeness (QED) is 0.844. The van der Waals surface area contributed by atoms with Gasteiger partial charge in [-0.2, -0.15) is 0 Å². The van der Waals surface area contributed by atoms with Crippen molar-refractivity contribution >= 4 is 12.2 Å². The van der Waals surface area contributed by atoms with Gasteiger partial charge in [0.2, 0.25) is 0 Å². The second kappa shape index (κ2) is 6.98. The first-order chi connectivity index (χ1) is 9.31. The van der Waals surface area contributed by atoms with Gasteiger partial charge in [0, 0.05) is 13.6 Å². The zero-order valence-electron chi connectivity index (χ0n) is 12.8. The van der Waals surface area contributed by atoms with E-state index >= 15 is 0 Å². The van der Waals surface area contributed by atoms with Crippen LogP contribution in [0.15, 0.2) is 30.3 Å². The van der Waals surface area contributed by atoms with E-state index in [9.17, 15) is 4.79 Å². The van der Waals surface area contributed by atoms with Crippen molar-refractivity contribution < 1.29 is 14.3 Å². The average Bonchev–Trinajstić information content (AvgIpc) is 2.37. The fraction of sp³-hybridized carbons (Fsp3) is 0.438. The topological polar surface area (TPSA) is 38.8 Å². The van der Waals surface area contributed by atoms with Crippen LogP contribution < -0.4 is 4.74 Å². The minimum atomic E-state index is -0.467. The van der Waals surface area contributed by atoms with E-state index in [0.717, 1.165) is 11.3 Å². The number of carbonyl (C=O) groups is 1. The molecule has 0 N–H and O–H groups in total. The van der Waals surface area contributed by atoms with Crippen molar-refractivity contribution in [3.05, 3.63) is 35.9 Å². The average molecular weight is 277 g/mol. The number of ether oxygens (including phenoxy) is 2. The Morgan fingerprint density at radius 3 is 2.35 bits per heavy atom. The standard InChI is InChI=1S/C16H23NO3/c1-16(2,3)20-15(18)17(4)12-6-7-13-8-10-14(19-5)11-9-13/h6-11H,12H2,1-5H3/b7-6+. The maximum atomic E-state index is 11.7. The summed E-state index contributed by atoms with van der Waals surface area (Å²) in [4.78, 5) is 13.3. The molecule has 0 saturated heterocycles. The van der Waals surface area contributed by atoms with Crippen LogP contribution >= 0.6 is 0 Å². The molecule has 4 nitrogen and oxygen atoms in total. The molecular formula is C16H23NO3. The summed E-state index contributed by atoms with van der Waals surface area (Å²) in [6.07, 6.45) is 3.56. The van der Waals surface area contributed by atoms with Crippen molar-refractivity contribution in [1.82, 2.24) is 4.90 Å². The smallest absolute Gasteiger partial charge is 0.410 e. The summed E-state index contributed by atoms with van der Waals surface area (Å²) < 4.78 is 10.4. The Kier molecular flexibility index (Phi) is 5.62. The van der Waals surface area contributed by atoms with E-state index in [1.807, 2.05) is 57.2 Å². The summed E-state index contributed by atoms with van der Waals surface area (Å²) in [5.74, 6) is 0.827. The molecule has 1 rings (SSSR count). The zero-order chi connectivity index (χ0) is 15.2. The molecule has 20 heavy (non-hydrogen) atoms. The largest absolute Gasteiger partial charge is 0.497 e. The van der Waals surface area contributed by atoms with E-state index in [2.05, 4.69) is 0 Å². The summed E-state index contributed by atoms with van der Waals surface area (Å²) in [6.45, 7) is 6.06. The van der Waals surface area contributed by atoms with Gasteiger partial charge in [-0.15, -0.1) is 0 Å². The second-order valence-corrected chi connectivity index (χ2v) is 5.54. The zero-order valence-corrected chi connectivity index (χ0v) is 12.8. The van der Waals surface area contributed by atoms with Gasteiger partial charge in [0.25, 0.3) is 0 Å². The van der Waals surface area contributed by atoms with Crippen molar-refractivity contribution in [3.8, 4) is 5.75 Å². The van der Waals surface area contributed by atoms with Crippen LogP contribution in [-0.2, 0) is 4.74 Å². The maximum Gasteiger partial charge on any atom is 0.410 e. The Bertz CT molecular complexity index is 458. The lowest BCUT2D eigenvalue weighted by atomic mass is 10.2. The minimum absolute atomic E-state index is 0.322. The summed E-state index contributed by atoms with van der Waals surface area (Å²) in [7, 11) is 3.35. The summed E-state index contributed by atoms with van der Waals surface area (Å²) in [5, 5.41) is 0.